The second kappa shape index (κ2) is 7.05. The average molecular weight is 491 g/mol. The summed E-state index contributed by atoms with van der Waals surface area (Å²) in [4.78, 5) is 0. The van der Waals surface area contributed by atoms with Crippen LogP contribution in [0, 0.1) is 50.7 Å². The summed E-state index contributed by atoms with van der Waals surface area (Å²) in [7, 11) is 0. The van der Waals surface area contributed by atoms with E-state index in [0.29, 0.717) is 11.8 Å². The standard InChI is InChI=1S/C30H50O5/c1-16-12-21(26(4,5)34)35-23(16)22-18(32)14-28(7)19-13-17(31)24-25(2,3)20(33)8-9-30(24)15-29(19,30)11-10-27(22,28)6/h16-24,31-34H,8-15H2,1-7H3. The molecule has 5 saturated carbocycles. The lowest BCUT2D eigenvalue weighted by molar-refractivity contribution is -0.203. The Balaban J connectivity index is 1.35. The highest BCUT2D eigenvalue weighted by Gasteiger charge is 2.84. The molecule has 35 heavy (non-hydrogen) atoms. The van der Waals surface area contributed by atoms with Crippen LogP contribution in [0.4, 0.5) is 0 Å². The molecule has 5 aliphatic carbocycles. The maximum Gasteiger partial charge on any atom is 0.0864 e. The van der Waals surface area contributed by atoms with Crippen molar-refractivity contribution in [3.8, 4) is 0 Å². The monoisotopic (exact) mass is 490 g/mol. The molecule has 1 aliphatic heterocycles. The topological polar surface area (TPSA) is 90.2 Å². The zero-order chi connectivity index (χ0) is 25.6. The van der Waals surface area contributed by atoms with Crippen molar-refractivity contribution in [2.75, 3.05) is 0 Å². The van der Waals surface area contributed by atoms with Gasteiger partial charge in [0.1, 0.15) is 0 Å². The largest absolute Gasteiger partial charge is 0.393 e. The molecule has 1 saturated heterocycles. The molecule has 6 aliphatic rings. The van der Waals surface area contributed by atoms with Crippen LogP contribution in [-0.2, 0) is 4.74 Å². The third-order valence-electron chi connectivity index (χ3n) is 13.7. The van der Waals surface area contributed by atoms with Crippen molar-refractivity contribution in [2.24, 2.45) is 50.7 Å². The highest BCUT2D eigenvalue weighted by Crippen LogP contribution is 2.89. The Bertz CT molecular complexity index is 896. The molecule has 0 bridgehead atoms. The molecule has 0 radical (unpaired) electrons. The van der Waals surface area contributed by atoms with Crippen LogP contribution in [0.3, 0.4) is 0 Å². The van der Waals surface area contributed by atoms with Gasteiger partial charge in [-0.2, -0.15) is 0 Å². The molecule has 0 aromatic rings. The summed E-state index contributed by atoms with van der Waals surface area (Å²) >= 11 is 0. The molecule has 2 spiro atoms. The Morgan fingerprint density at radius 2 is 1.54 bits per heavy atom. The van der Waals surface area contributed by atoms with Crippen LogP contribution in [0.15, 0.2) is 0 Å². The van der Waals surface area contributed by atoms with Gasteiger partial charge in [0.05, 0.1) is 36.1 Å². The van der Waals surface area contributed by atoms with Gasteiger partial charge in [-0.15, -0.1) is 0 Å². The molecular weight excluding hydrogens is 440 g/mol. The fourth-order valence-corrected chi connectivity index (χ4v) is 11.8. The van der Waals surface area contributed by atoms with E-state index >= 15 is 0 Å². The Kier molecular flexibility index (Phi) is 5.06. The van der Waals surface area contributed by atoms with Crippen molar-refractivity contribution in [3.63, 3.8) is 0 Å². The molecule has 6 fully saturated rings. The van der Waals surface area contributed by atoms with Gasteiger partial charge in [0.2, 0.25) is 0 Å². The van der Waals surface area contributed by atoms with E-state index in [-0.39, 0.29) is 57.2 Å². The molecule has 0 amide bonds. The summed E-state index contributed by atoms with van der Waals surface area (Å²) in [6.45, 7) is 15.1. The molecule has 5 heteroatoms. The second-order valence-electron chi connectivity index (χ2n) is 15.8. The molecule has 0 aromatic heterocycles. The Morgan fingerprint density at radius 3 is 2.17 bits per heavy atom. The lowest BCUT2D eigenvalue weighted by atomic mass is 9.41. The van der Waals surface area contributed by atoms with Crippen LogP contribution in [0.1, 0.15) is 99.8 Å². The van der Waals surface area contributed by atoms with Crippen molar-refractivity contribution in [1.29, 1.82) is 0 Å². The predicted octanol–water partition coefficient (Wildman–Crippen LogP) is 4.29. The highest BCUT2D eigenvalue weighted by molar-refractivity contribution is 5.32. The van der Waals surface area contributed by atoms with Gasteiger partial charge in [-0.3, -0.25) is 0 Å². The van der Waals surface area contributed by atoms with Crippen LogP contribution in [0.2, 0.25) is 0 Å². The van der Waals surface area contributed by atoms with Gasteiger partial charge in [0, 0.05) is 5.92 Å². The minimum Gasteiger partial charge on any atom is -0.393 e. The fourth-order valence-electron chi connectivity index (χ4n) is 11.8. The number of aliphatic hydroxyl groups is 4. The van der Waals surface area contributed by atoms with Gasteiger partial charge in [0.25, 0.3) is 0 Å². The Hall–Kier alpha value is -0.200. The van der Waals surface area contributed by atoms with E-state index in [9.17, 15) is 20.4 Å². The molecule has 200 valence electrons. The summed E-state index contributed by atoms with van der Waals surface area (Å²) in [6.07, 6.45) is 6.34. The summed E-state index contributed by atoms with van der Waals surface area (Å²) in [5.41, 5.74) is -0.862. The number of fused-ring (bicyclic) bond motifs is 2. The third kappa shape index (κ3) is 2.84. The number of hydrogen-bond acceptors (Lipinski definition) is 5. The van der Waals surface area contributed by atoms with Crippen molar-refractivity contribution < 1.29 is 25.2 Å². The molecular formula is C30H50O5. The summed E-state index contributed by atoms with van der Waals surface area (Å²) < 4.78 is 6.58. The van der Waals surface area contributed by atoms with E-state index in [2.05, 4.69) is 34.6 Å². The molecule has 6 rings (SSSR count). The van der Waals surface area contributed by atoms with Crippen molar-refractivity contribution in [3.05, 3.63) is 0 Å². The normalized spacial score (nSPS) is 60.9. The molecule has 13 unspecified atom stereocenters. The highest BCUT2D eigenvalue weighted by atomic mass is 16.5. The zero-order valence-corrected chi connectivity index (χ0v) is 23.1. The van der Waals surface area contributed by atoms with Crippen LogP contribution in [-0.4, -0.2) is 56.5 Å². The van der Waals surface area contributed by atoms with Gasteiger partial charge < -0.3 is 25.2 Å². The minimum atomic E-state index is -0.880. The first kappa shape index (κ1) is 25.1. The lowest BCUT2D eigenvalue weighted by Gasteiger charge is -2.64. The molecule has 0 aromatic carbocycles. The SMILES string of the molecule is CC1CC(C(C)(C)O)OC1C1C(O)CC2(C)C3CC(O)C4C(C)(C)C(O)CCC45CC35CCC12C. The maximum absolute atomic E-state index is 11.7. The van der Waals surface area contributed by atoms with Gasteiger partial charge in [-0.05, 0) is 110 Å². The summed E-state index contributed by atoms with van der Waals surface area (Å²) in [5, 5.41) is 44.9. The zero-order valence-electron chi connectivity index (χ0n) is 23.1. The lowest BCUT2D eigenvalue weighted by Crippen LogP contribution is -2.61. The van der Waals surface area contributed by atoms with Crippen molar-refractivity contribution in [1.82, 2.24) is 0 Å². The van der Waals surface area contributed by atoms with Gasteiger partial charge >= 0.3 is 0 Å². The van der Waals surface area contributed by atoms with Gasteiger partial charge in [-0.25, -0.2) is 0 Å². The van der Waals surface area contributed by atoms with Crippen molar-refractivity contribution >= 4 is 0 Å². The van der Waals surface area contributed by atoms with E-state index in [1.807, 2.05) is 13.8 Å². The minimum absolute atomic E-state index is 0.0412. The Labute approximate surface area is 212 Å². The van der Waals surface area contributed by atoms with E-state index < -0.39 is 17.8 Å². The number of hydrogen-bond donors (Lipinski definition) is 4. The van der Waals surface area contributed by atoms with Gasteiger partial charge in [-0.1, -0.05) is 34.6 Å². The van der Waals surface area contributed by atoms with E-state index in [0.717, 1.165) is 38.5 Å². The smallest absolute Gasteiger partial charge is 0.0864 e. The second-order valence-corrected chi connectivity index (χ2v) is 15.8. The van der Waals surface area contributed by atoms with Crippen LogP contribution >= 0.6 is 0 Å². The first-order valence-corrected chi connectivity index (χ1v) is 14.5. The number of aliphatic hydroxyl groups excluding tert-OH is 3. The molecule has 4 N–H and O–H groups in total. The molecule has 5 nitrogen and oxygen atoms in total. The van der Waals surface area contributed by atoms with Crippen LogP contribution in [0.5, 0.6) is 0 Å². The molecule has 13 atom stereocenters. The first-order chi connectivity index (χ1) is 16.1. The number of ether oxygens (including phenoxy) is 1. The average Bonchev–Trinajstić information content (AvgIpc) is 3.13. The maximum atomic E-state index is 11.7. The van der Waals surface area contributed by atoms with E-state index in [1.165, 1.54) is 12.8 Å². The van der Waals surface area contributed by atoms with Crippen LogP contribution < -0.4 is 0 Å². The fraction of sp³-hybridized carbons (Fsp3) is 1.00. The van der Waals surface area contributed by atoms with Crippen LogP contribution in [0.25, 0.3) is 0 Å². The van der Waals surface area contributed by atoms with E-state index in [4.69, 9.17) is 4.74 Å². The summed E-state index contributed by atoms with van der Waals surface area (Å²) in [5.74, 6) is 0.917. The van der Waals surface area contributed by atoms with E-state index in [1.54, 1.807) is 0 Å². The Morgan fingerprint density at radius 1 is 0.857 bits per heavy atom. The quantitative estimate of drug-likeness (QED) is 0.464. The number of rotatable bonds is 2. The predicted molar refractivity (Wildman–Crippen MR) is 134 cm³/mol. The third-order valence-corrected chi connectivity index (χ3v) is 13.7. The van der Waals surface area contributed by atoms with Crippen molar-refractivity contribution in [2.45, 2.75) is 136 Å². The summed E-state index contributed by atoms with van der Waals surface area (Å²) in [6, 6.07) is 0. The van der Waals surface area contributed by atoms with Gasteiger partial charge in [0.15, 0.2) is 0 Å². The first-order valence-electron chi connectivity index (χ1n) is 14.5. The molecule has 1 heterocycles.